The van der Waals surface area contributed by atoms with E-state index in [4.69, 9.17) is 24.3 Å². The van der Waals surface area contributed by atoms with Crippen molar-refractivity contribution in [2.45, 2.75) is 302 Å². The van der Waals surface area contributed by atoms with Gasteiger partial charge in [0.2, 0.25) is 0 Å². The Bertz CT molecular complexity index is 1150. The second-order valence-electron chi connectivity index (χ2n) is 19.5. The number of phosphoric ester groups is 1. The summed E-state index contributed by atoms with van der Waals surface area (Å²) in [4.78, 5) is 35.1. The van der Waals surface area contributed by atoms with Gasteiger partial charge < -0.3 is 20.1 Å². The van der Waals surface area contributed by atoms with Gasteiger partial charge in [0.1, 0.15) is 6.61 Å². The number of ether oxygens (including phenoxy) is 2. The lowest BCUT2D eigenvalue weighted by Gasteiger charge is -2.19. The zero-order chi connectivity index (χ0) is 48.8. The van der Waals surface area contributed by atoms with E-state index in [1.165, 1.54) is 225 Å². The molecule has 0 aromatic carbocycles. The van der Waals surface area contributed by atoms with Gasteiger partial charge in [-0.2, -0.15) is 0 Å². The molecule has 0 aromatic rings. The quantitative estimate of drug-likeness (QED) is 0.0264. The average Bonchev–Trinajstić information content (AvgIpc) is 3.32. The van der Waals surface area contributed by atoms with Crippen molar-refractivity contribution in [1.82, 2.24) is 0 Å². The lowest BCUT2D eigenvalue weighted by molar-refractivity contribution is -0.161. The Morgan fingerprint density at radius 1 is 0.448 bits per heavy atom. The zero-order valence-corrected chi connectivity index (χ0v) is 45.1. The van der Waals surface area contributed by atoms with E-state index >= 15 is 0 Å². The predicted molar refractivity (Wildman–Crippen MR) is 284 cm³/mol. The lowest BCUT2D eigenvalue weighted by Crippen LogP contribution is -2.29. The molecule has 2 unspecified atom stereocenters. The molecule has 9 nitrogen and oxygen atoms in total. The first-order valence-corrected chi connectivity index (χ1v) is 30.3. The van der Waals surface area contributed by atoms with E-state index in [2.05, 4.69) is 38.2 Å². The molecule has 0 aliphatic heterocycles. The molecule has 0 bridgehead atoms. The van der Waals surface area contributed by atoms with Crippen LogP contribution in [0, 0.1) is 0 Å². The van der Waals surface area contributed by atoms with Crippen molar-refractivity contribution in [1.29, 1.82) is 0 Å². The van der Waals surface area contributed by atoms with Crippen LogP contribution in [0.4, 0.5) is 0 Å². The molecule has 0 aliphatic rings. The highest BCUT2D eigenvalue weighted by atomic mass is 31.2. The number of esters is 2. The van der Waals surface area contributed by atoms with Crippen LogP contribution in [0.3, 0.4) is 0 Å². The van der Waals surface area contributed by atoms with Crippen molar-refractivity contribution in [2.24, 2.45) is 5.73 Å². The third-order valence-corrected chi connectivity index (χ3v) is 13.8. The first-order chi connectivity index (χ1) is 32.8. The molecule has 2 atom stereocenters. The Hall–Kier alpha value is -1.51. The minimum Gasteiger partial charge on any atom is -0.462 e. The Kier molecular flexibility index (Phi) is 52.6. The summed E-state index contributed by atoms with van der Waals surface area (Å²) in [5.74, 6) is -0.809. The van der Waals surface area contributed by atoms with Gasteiger partial charge in [-0.25, -0.2) is 4.57 Å². The topological polar surface area (TPSA) is 134 Å². The van der Waals surface area contributed by atoms with Crippen LogP contribution in [-0.2, 0) is 32.7 Å². The smallest absolute Gasteiger partial charge is 0.462 e. The van der Waals surface area contributed by atoms with Crippen LogP contribution in [0.25, 0.3) is 0 Å². The zero-order valence-electron chi connectivity index (χ0n) is 44.2. The Labute approximate surface area is 414 Å². The average molecular weight is 968 g/mol. The number of hydrogen-bond donors (Lipinski definition) is 2. The molecule has 3 N–H and O–H groups in total. The van der Waals surface area contributed by atoms with Crippen LogP contribution in [-0.4, -0.2) is 49.3 Å². The number of nitrogens with two attached hydrogens (primary N) is 1. The second kappa shape index (κ2) is 53.8. The molecule has 0 spiro atoms. The van der Waals surface area contributed by atoms with Crippen LogP contribution in [0.2, 0.25) is 0 Å². The van der Waals surface area contributed by atoms with E-state index in [0.717, 1.165) is 38.5 Å². The van der Waals surface area contributed by atoms with Crippen molar-refractivity contribution >= 4 is 19.8 Å². The predicted octanol–water partition coefficient (Wildman–Crippen LogP) is 17.9. The van der Waals surface area contributed by atoms with Crippen LogP contribution in [0.15, 0.2) is 24.3 Å². The third-order valence-electron chi connectivity index (χ3n) is 12.8. The van der Waals surface area contributed by atoms with Gasteiger partial charge in [-0.15, -0.1) is 0 Å². The summed E-state index contributed by atoms with van der Waals surface area (Å²) in [5, 5.41) is 0. The molecule has 67 heavy (non-hydrogen) atoms. The fraction of sp³-hybridized carbons (Fsp3) is 0.895. The van der Waals surface area contributed by atoms with Gasteiger partial charge in [0.25, 0.3) is 0 Å². The van der Waals surface area contributed by atoms with E-state index in [-0.39, 0.29) is 38.6 Å². The molecule has 396 valence electrons. The molecule has 0 amide bonds. The number of carbonyl (C=O) groups excluding carboxylic acids is 2. The van der Waals surface area contributed by atoms with E-state index in [0.29, 0.717) is 6.42 Å². The standard InChI is InChI=1S/C57H110NO8P/c1-3-5-7-9-11-13-15-17-19-21-22-23-24-25-26-27-28-29-30-31-32-34-36-38-40-42-44-46-48-50-57(60)66-55(54-65-67(61,62)64-52-51-58)53-63-56(59)49-47-45-43-41-39-37-35-33-20-18-16-14-12-10-8-6-4-2/h15,17,21-22,55H,3-14,16,18-20,23-54,58H2,1-2H3,(H,61,62)/b17-15-,22-21-. The molecule has 0 saturated carbocycles. The van der Waals surface area contributed by atoms with Gasteiger partial charge in [-0.3, -0.25) is 18.6 Å². The van der Waals surface area contributed by atoms with E-state index in [1.807, 2.05) is 0 Å². The molecular weight excluding hydrogens is 858 g/mol. The molecule has 0 heterocycles. The van der Waals surface area contributed by atoms with Gasteiger partial charge in [0.15, 0.2) is 6.10 Å². The summed E-state index contributed by atoms with van der Waals surface area (Å²) < 4.78 is 33.0. The van der Waals surface area contributed by atoms with E-state index in [1.54, 1.807) is 0 Å². The molecule has 0 saturated heterocycles. The molecule has 10 heteroatoms. The minimum absolute atomic E-state index is 0.0565. The van der Waals surface area contributed by atoms with Crippen molar-refractivity contribution in [3.8, 4) is 0 Å². The molecule has 0 aliphatic carbocycles. The van der Waals surface area contributed by atoms with Crippen molar-refractivity contribution in [3.05, 3.63) is 24.3 Å². The normalized spacial score (nSPS) is 13.2. The highest BCUT2D eigenvalue weighted by Crippen LogP contribution is 2.43. The lowest BCUT2D eigenvalue weighted by atomic mass is 10.0. The Balaban J connectivity index is 3.90. The van der Waals surface area contributed by atoms with Crippen molar-refractivity contribution in [3.63, 3.8) is 0 Å². The first-order valence-electron chi connectivity index (χ1n) is 28.8. The maximum Gasteiger partial charge on any atom is 0.472 e. The van der Waals surface area contributed by atoms with Crippen LogP contribution in [0.1, 0.15) is 296 Å². The molecule has 0 fully saturated rings. The first kappa shape index (κ1) is 65.5. The number of phosphoric acid groups is 1. The van der Waals surface area contributed by atoms with Gasteiger partial charge in [0.05, 0.1) is 13.2 Å². The van der Waals surface area contributed by atoms with E-state index < -0.39 is 26.5 Å². The number of rotatable bonds is 55. The number of allylic oxidation sites excluding steroid dienone is 4. The monoisotopic (exact) mass is 968 g/mol. The van der Waals surface area contributed by atoms with Gasteiger partial charge in [-0.1, -0.05) is 263 Å². The summed E-state index contributed by atoms with van der Waals surface area (Å²) in [7, 11) is -4.38. The summed E-state index contributed by atoms with van der Waals surface area (Å²) in [6.07, 6.45) is 62.3. The Morgan fingerprint density at radius 2 is 0.776 bits per heavy atom. The van der Waals surface area contributed by atoms with Crippen LogP contribution >= 0.6 is 7.82 Å². The van der Waals surface area contributed by atoms with Gasteiger partial charge in [-0.05, 0) is 44.9 Å². The molecule has 0 rings (SSSR count). The molecular formula is C57H110NO8P. The van der Waals surface area contributed by atoms with Gasteiger partial charge >= 0.3 is 19.8 Å². The third kappa shape index (κ3) is 53.7. The largest absolute Gasteiger partial charge is 0.472 e. The van der Waals surface area contributed by atoms with Crippen LogP contribution < -0.4 is 5.73 Å². The maximum atomic E-state index is 12.7. The summed E-state index contributed by atoms with van der Waals surface area (Å²) >= 11 is 0. The minimum atomic E-state index is -4.38. The fourth-order valence-corrected chi connectivity index (χ4v) is 9.32. The van der Waals surface area contributed by atoms with Crippen molar-refractivity contribution < 1.29 is 37.6 Å². The SMILES string of the molecule is CCCCCCC/C=C\C/C=C\CCCCCCCCCCCCCCCCCCCC(=O)OC(COC(=O)CCCCCCCCCCCCCCCCCCC)COP(=O)(O)OCCN. The maximum absolute atomic E-state index is 12.7. The second-order valence-corrected chi connectivity index (χ2v) is 21.0. The summed E-state index contributed by atoms with van der Waals surface area (Å²) in [6.45, 7) is 3.79. The highest BCUT2D eigenvalue weighted by molar-refractivity contribution is 7.47. The molecule has 0 radical (unpaired) electrons. The Morgan fingerprint density at radius 3 is 1.13 bits per heavy atom. The number of unbranched alkanes of at least 4 members (excludes halogenated alkanes) is 38. The van der Waals surface area contributed by atoms with Gasteiger partial charge in [0, 0.05) is 19.4 Å². The number of hydrogen-bond acceptors (Lipinski definition) is 8. The number of carbonyl (C=O) groups is 2. The fourth-order valence-electron chi connectivity index (χ4n) is 8.55. The highest BCUT2D eigenvalue weighted by Gasteiger charge is 2.26. The van der Waals surface area contributed by atoms with Crippen molar-refractivity contribution in [2.75, 3.05) is 26.4 Å². The van der Waals surface area contributed by atoms with E-state index in [9.17, 15) is 19.0 Å². The molecule has 0 aromatic heterocycles. The summed E-state index contributed by atoms with van der Waals surface area (Å²) in [5.41, 5.74) is 5.38. The summed E-state index contributed by atoms with van der Waals surface area (Å²) in [6, 6.07) is 0. The van der Waals surface area contributed by atoms with Crippen LogP contribution in [0.5, 0.6) is 0 Å².